The number of fused-ring (bicyclic) bond motifs is 1. The molecule has 2 fully saturated rings. The van der Waals surface area contributed by atoms with Crippen LogP contribution in [0.3, 0.4) is 0 Å². The highest BCUT2D eigenvalue weighted by molar-refractivity contribution is 5.03. The van der Waals surface area contributed by atoms with E-state index in [1.807, 2.05) is 13.8 Å². The Balaban J connectivity index is 2.11. The van der Waals surface area contributed by atoms with Crippen molar-refractivity contribution in [3.05, 3.63) is 12.3 Å². The van der Waals surface area contributed by atoms with Crippen molar-refractivity contribution in [2.45, 2.75) is 44.2 Å². The predicted molar refractivity (Wildman–Crippen MR) is 55.6 cm³/mol. The molecule has 0 aromatic heterocycles. The van der Waals surface area contributed by atoms with E-state index in [4.69, 9.17) is 23.7 Å². The van der Waals surface area contributed by atoms with E-state index < -0.39 is 12.1 Å². The highest BCUT2D eigenvalue weighted by atomic mass is 16.8. The normalized spacial score (nSPS) is 41.5. The smallest absolute Gasteiger partial charge is 0.187 e. The summed E-state index contributed by atoms with van der Waals surface area (Å²) in [6.45, 7) is 3.77. The average molecular weight is 230 g/mol. The van der Waals surface area contributed by atoms with Gasteiger partial charge in [0.25, 0.3) is 0 Å². The molecule has 0 saturated carbocycles. The van der Waals surface area contributed by atoms with Crippen LogP contribution in [0.15, 0.2) is 12.3 Å². The molecule has 0 amide bonds. The van der Waals surface area contributed by atoms with Crippen LogP contribution in [-0.2, 0) is 23.7 Å². The third-order valence-corrected chi connectivity index (χ3v) is 2.68. The van der Waals surface area contributed by atoms with Gasteiger partial charge < -0.3 is 23.7 Å². The number of methoxy groups -OCH3 is 2. The molecule has 2 saturated heterocycles. The van der Waals surface area contributed by atoms with Crippen molar-refractivity contribution in [2.24, 2.45) is 0 Å². The lowest BCUT2D eigenvalue weighted by Gasteiger charge is -2.22. The van der Waals surface area contributed by atoms with Gasteiger partial charge in [0.2, 0.25) is 0 Å². The zero-order valence-electron chi connectivity index (χ0n) is 10.0. The largest absolute Gasteiger partial charge is 0.505 e. The topological polar surface area (TPSA) is 46.2 Å². The molecule has 5 nitrogen and oxygen atoms in total. The lowest BCUT2D eigenvalue weighted by molar-refractivity contribution is -0.221. The molecule has 0 spiro atoms. The third-order valence-electron chi connectivity index (χ3n) is 2.68. The summed E-state index contributed by atoms with van der Waals surface area (Å²) in [4.78, 5) is 0. The molecule has 0 N–H and O–H groups in total. The van der Waals surface area contributed by atoms with E-state index in [-0.39, 0.29) is 18.3 Å². The summed E-state index contributed by atoms with van der Waals surface area (Å²) < 4.78 is 27.3. The van der Waals surface area contributed by atoms with E-state index in [9.17, 15) is 0 Å². The van der Waals surface area contributed by atoms with Gasteiger partial charge in [-0.1, -0.05) is 0 Å². The van der Waals surface area contributed by atoms with Crippen LogP contribution in [0.4, 0.5) is 0 Å². The van der Waals surface area contributed by atoms with Gasteiger partial charge in [-0.25, -0.2) is 0 Å². The van der Waals surface area contributed by atoms with Gasteiger partial charge in [0.15, 0.2) is 12.1 Å². The Morgan fingerprint density at radius 3 is 2.44 bits per heavy atom. The minimum Gasteiger partial charge on any atom is -0.505 e. The van der Waals surface area contributed by atoms with Gasteiger partial charge in [0, 0.05) is 7.11 Å². The summed E-state index contributed by atoms with van der Waals surface area (Å²) in [7, 11) is 3.19. The van der Waals surface area contributed by atoms with Crippen LogP contribution in [0.25, 0.3) is 0 Å². The summed E-state index contributed by atoms with van der Waals surface area (Å²) in [5.74, 6) is -0.588. The molecule has 0 bridgehead atoms. The Bertz CT molecular complexity index is 276. The fraction of sp³-hybridized carbons (Fsp3) is 0.818. The second-order valence-electron chi connectivity index (χ2n) is 4.33. The van der Waals surface area contributed by atoms with Crippen molar-refractivity contribution in [1.82, 2.24) is 0 Å². The summed E-state index contributed by atoms with van der Waals surface area (Å²) in [6, 6.07) is 0. The third kappa shape index (κ3) is 2.08. The zero-order chi connectivity index (χ0) is 11.8. The van der Waals surface area contributed by atoms with Crippen LogP contribution in [0.5, 0.6) is 0 Å². The Morgan fingerprint density at radius 1 is 1.12 bits per heavy atom. The van der Waals surface area contributed by atoms with Crippen molar-refractivity contribution in [3.63, 3.8) is 0 Å². The van der Waals surface area contributed by atoms with Crippen LogP contribution in [0.1, 0.15) is 13.8 Å². The van der Waals surface area contributed by atoms with Crippen LogP contribution >= 0.6 is 0 Å². The Kier molecular flexibility index (Phi) is 3.21. The second-order valence-corrected chi connectivity index (χ2v) is 4.33. The molecule has 0 aromatic rings. The summed E-state index contributed by atoms with van der Waals surface area (Å²) in [5, 5.41) is 0. The van der Waals surface area contributed by atoms with Gasteiger partial charge >= 0.3 is 0 Å². The monoisotopic (exact) mass is 230 g/mol. The highest BCUT2D eigenvalue weighted by Crippen LogP contribution is 2.39. The van der Waals surface area contributed by atoms with Crippen LogP contribution in [0, 0.1) is 0 Å². The van der Waals surface area contributed by atoms with Crippen molar-refractivity contribution >= 4 is 0 Å². The van der Waals surface area contributed by atoms with E-state index in [1.54, 1.807) is 26.6 Å². The quantitative estimate of drug-likeness (QED) is 0.678. The fourth-order valence-corrected chi connectivity index (χ4v) is 2.09. The maximum atomic E-state index is 5.78. The first-order valence-electron chi connectivity index (χ1n) is 5.31. The minimum absolute atomic E-state index is 0.147. The lowest BCUT2D eigenvalue weighted by atomic mass is 10.1. The van der Waals surface area contributed by atoms with Gasteiger partial charge in [0.1, 0.15) is 18.3 Å². The van der Waals surface area contributed by atoms with Gasteiger partial charge in [-0.3, -0.25) is 0 Å². The first-order valence-corrected chi connectivity index (χ1v) is 5.31. The van der Waals surface area contributed by atoms with Crippen LogP contribution in [0.2, 0.25) is 0 Å². The molecule has 2 heterocycles. The van der Waals surface area contributed by atoms with Gasteiger partial charge in [-0.2, -0.15) is 0 Å². The van der Waals surface area contributed by atoms with E-state index >= 15 is 0 Å². The molecule has 1 unspecified atom stereocenters. The van der Waals surface area contributed by atoms with Gasteiger partial charge in [0.05, 0.1) is 13.4 Å². The molecule has 2 rings (SSSR count). The van der Waals surface area contributed by atoms with Crippen LogP contribution in [-0.4, -0.2) is 44.6 Å². The number of hydrogen-bond donors (Lipinski definition) is 0. The maximum Gasteiger partial charge on any atom is 0.187 e. The molecule has 0 aliphatic carbocycles. The SMILES string of the molecule is CO/C=C/[C@H]1OC(OC)[C@@H]2OC(C)(C)O[C@H]12. The maximum absolute atomic E-state index is 5.78. The fourth-order valence-electron chi connectivity index (χ4n) is 2.09. The molecular formula is C11H18O5. The molecule has 4 atom stereocenters. The van der Waals surface area contributed by atoms with Crippen molar-refractivity contribution in [2.75, 3.05) is 14.2 Å². The number of rotatable bonds is 3. The molecule has 92 valence electrons. The molecule has 0 aromatic carbocycles. The average Bonchev–Trinajstić information content (AvgIpc) is 2.69. The van der Waals surface area contributed by atoms with E-state index in [0.717, 1.165) is 0 Å². The standard InChI is InChI=1S/C11H18O5/c1-11(2)15-8-7(5-6-12-3)14-10(13-4)9(8)16-11/h5-10H,1-4H3/b6-5+/t7-,8-,9-,10?/m1/s1. The highest BCUT2D eigenvalue weighted by Gasteiger charge is 2.54. The van der Waals surface area contributed by atoms with Gasteiger partial charge in [-0.05, 0) is 19.9 Å². The molecular weight excluding hydrogens is 212 g/mol. The zero-order valence-corrected chi connectivity index (χ0v) is 10.0. The Morgan fingerprint density at radius 2 is 1.81 bits per heavy atom. The molecule has 0 radical (unpaired) electrons. The van der Waals surface area contributed by atoms with E-state index in [0.29, 0.717) is 0 Å². The Hall–Kier alpha value is -0.620. The number of hydrogen-bond acceptors (Lipinski definition) is 5. The molecule has 2 aliphatic heterocycles. The predicted octanol–water partition coefficient (Wildman–Crippen LogP) is 1.04. The van der Waals surface area contributed by atoms with Crippen molar-refractivity contribution in [1.29, 1.82) is 0 Å². The lowest BCUT2D eigenvalue weighted by Crippen LogP contribution is -2.30. The van der Waals surface area contributed by atoms with Gasteiger partial charge in [-0.15, -0.1) is 0 Å². The Labute approximate surface area is 95.3 Å². The minimum atomic E-state index is -0.588. The molecule has 5 heteroatoms. The van der Waals surface area contributed by atoms with Crippen LogP contribution < -0.4 is 0 Å². The summed E-state index contributed by atoms with van der Waals surface area (Å²) in [5.41, 5.74) is 0. The second kappa shape index (κ2) is 4.33. The van der Waals surface area contributed by atoms with Crippen molar-refractivity contribution in [3.8, 4) is 0 Å². The molecule has 2 aliphatic rings. The first kappa shape index (κ1) is 11.9. The van der Waals surface area contributed by atoms with E-state index in [2.05, 4.69) is 0 Å². The van der Waals surface area contributed by atoms with Crippen molar-refractivity contribution < 1.29 is 23.7 Å². The first-order chi connectivity index (χ1) is 7.57. The summed E-state index contributed by atoms with van der Waals surface area (Å²) >= 11 is 0. The molecule has 16 heavy (non-hydrogen) atoms. The summed E-state index contributed by atoms with van der Waals surface area (Å²) in [6.07, 6.45) is 2.46. The number of ether oxygens (including phenoxy) is 5. The van der Waals surface area contributed by atoms with E-state index in [1.165, 1.54) is 0 Å².